The van der Waals surface area contributed by atoms with Crippen LogP contribution in [0.1, 0.15) is 12.5 Å². The number of allylic oxidation sites excluding steroid dienone is 4. The largest absolute Gasteiger partial charge is 0.355 e. The number of hydrogen-bond donors (Lipinski definition) is 3. The predicted octanol–water partition coefficient (Wildman–Crippen LogP) is 5.38. The number of fused-ring (bicyclic) bond motifs is 3. The van der Waals surface area contributed by atoms with Crippen molar-refractivity contribution in [2.75, 3.05) is 5.32 Å². The molecule has 0 bridgehead atoms. The van der Waals surface area contributed by atoms with E-state index in [2.05, 4.69) is 35.1 Å². The fourth-order valence-corrected chi connectivity index (χ4v) is 2.80. The summed E-state index contributed by atoms with van der Waals surface area (Å²) in [7, 11) is 0. The number of nitrogens with one attached hydrogen (secondary N) is 3. The summed E-state index contributed by atoms with van der Waals surface area (Å²) in [5.74, 6) is 0. The summed E-state index contributed by atoms with van der Waals surface area (Å²) in [6, 6.07) is 12.3. The molecule has 3 rings (SSSR count). The molecule has 23 heavy (non-hydrogen) atoms. The van der Waals surface area contributed by atoms with E-state index in [4.69, 9.17) is 5.41 Å². The lowest BCUT2D eigenvalue weighted by molar-refractivity contribution is 1.44. The minimum absolute atomic E-state index is 0.846. The molecule has 0 spiro atoms. The Kier molecular flexibility index (Phi) is 4.11. The Morgan fingerprint density at radius 2 is 2.00 bits per heavy atom. The zero-order valence-electron chi connectivity index (χ0n) is 13.1. The molecule has 0 atom stereocenters. The van der Waals surface area contributed by atoms with Crippen LogP contribution in [-0.4, -0.2) is 11.2 Å². The highest BCUT2D eigenvalue weighted by atomic mass is 14.9. The van der Waals surface area contributed by atoms with Gasteiger partial charge in [0, 0.05) is 39.5 Å². The molecule has 0 fully saturated rings. The molecular formula is C20H19N3. The van der Waals surface area contributed by atoms with Gasteiger partial charge in [0.1, 0.15) is 0 Å². The summed E-state index contributed by atoms with van der Waals surface area (Å²) in [4.78, 5) is 3.43. The van der Waals surface area contributed by atoms with Gasteiger partial charge in [0.15, 0.2) is 0 Å². The van der Waals surface area contributed by atoms with Gasteiger partial charge < -0.3 is 15.7 Å². The third-order valence-corrected chi connectivity index (χ3v) is 3.79. The van der Waals surface area contributed by atoms with Crippen molar-refractivity contribution in [2.45, 2.75) is 6.92 Å². The van der Waals surface area contributed by atoms with E-state index in [1.54, 1.807) is 6.08 Å². The molecule has 2 aromatic carbocycles. The van der Waals surface area contributed by atoms with E-state index < -0.39 is 0 Å². The van der Waals surface area contributed by atoms with Crippen LogP contribution in [0.5, 0.6) is 0 Å². The maximum Gasteiger partial charge on any atom is 0.0574 e. The van der Waals surface area contributed by atoms with E-state index in [1.807, 2.05) is 43.4 Å². The van der Waals surface area contributed by atoms with Gasteiger partial charge in [-0.3, -0.25) is 0 Å². The molecule has 0 saturated carbocycles. The second-order valence-corrected chi connectivity index (χ2v) is 5.25. The van der Waals surface area contributed by atoms with Gasteiger partial charge in [-0.25, -0.2) is 0 Å². The zero-order valence-corrected chi connectivity index (χ0v) is 13.1. The first kappa shape index (κ1) is 14.9. The highest BCUT2D eigenvalue weighted by molar-refractivity contribution is 6.14. The highest BCUT2D eigenvalue weighted by Gasteiger charge is 2.11. The number of rotatable bonds is 5. The predicted molar refractivity (Wildman–Crippen MR) is 100 cm³/mol. The molecule has 0 aliphatic heterocycles. The van der Waals surface area contributed by atoms with Crippen LogP contribution in [0.15, 0.2) is 73.0 Å². The fourth-order valence-electron chi connectivity index (χ4n) is 2.80. The summed E-state index contributed by atoms with van der Waals surface area (Å²) < 4.78 is 0. The van der Waals surface area contributed by atoms with Crippen LogP contribution in [0.4, 0.5) is 5.69 Å². The third kappa shape index (κ3) is 2.69. The summed E-state index contributed by atoms with van der Waals surface area (Å²) in [5.41, 5.74) is 4.73. The van der Waals surface area contributed by atoms with E-state index in [9.17, 15) is 0 Å². The molecule has 3 heteroatoms. The maximum absolute atomic E-state index is 7.85. The average molecular weight is 301 g/mol. The molecule has 3 N–H and O–H groups in total. The monoisotopic (exact) mass is 301 g/mol. The molecule has 0 aliphatic rings. The molecule has 0 aliphatic carbocycles. The van der Waals surface area contributed by atoms with Crippen molar-refractivity contribution in [3.8, 4) is 0 Å². The Morgan fingerprint density at radius 3 is 2.74 bits per heavy atom. The molecule has 3 nitrogen and oxygen atoms in total. The molecule has 1 aromatic heterocycles. The second kappa shape index (κ2) is 6.36. The number of para-hydroxylation sites is 1. The molecule has 3 aromatic rings. The van der Waals surface area contributed by atoms with Gasteiger partial charge in [0.05, 0.1) is 5.52 Å². The first-order valence-corrected chi connectivity index (χ1v) is 7.54. The number of hydrogen-bond acceptors (Lipinski definition) is 2. The van der Waals surface area contributed by atoms with Crippen LogP contribution in [0.3, 0.4) is 0 Å². The van der Waals surface area contributed by atoms with Gasteiger partial charge >= 0.3 is 0 Å². The quantitative estimate of drug-likeness (QED) is 0.430. The van der Waals surface area contributed by atoms with Crippen molar-refractivity contribution in [3.63, 3.8) is 0 Å². The smallest absolute Gasteiger partial charge is 0.0574 e. The van der Waals surface area contributed by atoms with Crippen molar-refractivity contribution in [1.29, 1.82) is 5.41 Å². The standard InChI is InChI=1S/C20H19N3/c1-3-7-14(8-4-2)22-19-12-11-16-15-9-5-6-10-18(15)23-20(16)17(19)13-21/h3-13,21-23H,1H2,2H3/b8-4-,14-7+,21-13?. The SMILES string of the molecule is C=C/C=C(\C=C/C)Nc1ccc2c([nH]c3ccccc32)c1C=N. The van der Waals surface area contributed by atoms with Crippen LogP contribution in [0, 0.1) is 5.41 Å². The van der Waals surface area contributed by atoms with Crippen LogP contribution >= 0.6 is 0 Å². The number of aromatic amines is 1. The molecule has 114 valence electrons. The topological polar surface area (TPSA) is 51.7 Å². The number of aromatic nitrogens is 1. The van der Waals surface area contributed by atoms with Crippen LogP contribution in [-0.2, 0) is 0 Å². The molecule has 0 unspecified atom stereocenters. The summed E-state index contributed by atoms with van der Waals surface area (Å²) >= 11 is 0. The van der Waals surface area contributed by atoms with E-state index in [-0.39, 0.29) is 0 Å². The Labute approximate surface area is 135 Å². The van der Waals surface area contributed by atoms with Crippen molar-refractivity contribution in [3.05, 3.63) is 78.5 Å². The first-order chi connectivity index (χ1) is 11.3. The Bertz CT molecular complexity index is 942. The van der Waals surface area contributed by atoms with Gasteiger partial charge in [-0.05, 0) is 31.2 Å². The van der Waals surface area contributed by atoms with Crippen LogP contribution in [0.25, 0.3) is 21.8 Å². The van der Waals surface area contributed by atoms with Crippen LogP contribution < -0.4 is 5.32 Å². The molecule has 0 radical (unpaired) electrons. The maximum atomic E-state index is 7.85. The highest BCUT2D eigenvalue weighted by Crippen LogP contribution is 2.31. The second-order valence-electron chi connectivity index (χ2n) is 5.25. The lowest BCUT2D eigenvalue weighted by Crippen LogP contribution is -2.00. The van der Waals surface area contributed by atoms with Crippen molar-refractivity contribution in [2.24, 2.45) is 0 Å². The zero-order chi connectivity index (χ0) is 16.2. The lowest BCUT2D eigenvalue weighted by atomic mass is 10.1. The van der Waals surface area contributed by atoms with E-state index in [1.165, 1.54) is 11.6 Å². The minimum Gasteiger partial charge on any atom is -0.355 e. The number of H-pyrrole nitrogens is 1. The van der Waals surface area contributed by atoms with Crippen molar-refractivity contribution in [1.82, 2.24) is 4.98 Å². The van der Waals surface area contributed by atoms with E-state index in [0.717, 1.165) is 33.4 Å². The average Bonchev–Trinajstić information content (AvgIpc) is 2.93. The minimum atomic E-state index is 0.846. The van der Waals surface area contributed by atoms with Gasteiger partial charge in [-0.2, -0.15) is 0 Å². The summed E-state index contributed by atoms with van der Waals surface area (Å²) in [5, 5.41) is 13.5. The third-order valence-electron chi connectivity index (χ3n) is 3.79. The summed E-state index contributed by atoms with van der Waals surface area (Å²) in [6.07, 6.45) is 8.98. The normalized spacial score (nSPS) is 12.1. The van der Waals surface area contributed by atoms with Gasteiger partial charge in [-0.1, -0.05) is 43.0 Å². The molecular weight excluding hydrogens is 282 g/mol. The molecule has 0 amide bonds. The van der Waals surface area contributed by atoms with Gasteiger partial charge in [-0.15, -0.1) is 0 Å². The van der Waals surface area contributed by atoms with Crippen molar-refractivity contribution >= 4 is 33.7 Å². The Balaban J connectivity index is 2.18. The molecule has 0 saturated heterocycles. The number of benzene rings is 2. The lowest BCUT2D eigenvalue weighted by Gasteiger charge is -2.11. The molecule has 1 heterocycles. The van der Waals surface area contributed by atoms with Crippen LogP contribution in [0.2, 0.25) is 0 Å². The van der Waals surface area contributed by atoms with Gasteiger partial charge in [0.2, 0.25) is 0 Å². The van der Waals surface area contributed by atoms with Gasteiger partial charge in [0.25, 0.3) is 0 Å². The van der Waals surface area contributed by atoms with Crippen molar-refractivity contribution < 1.29 is 0 Å². The van der Waals surface area contributed by atoms with E-state index >= 15 is 0 Å². The first-order valence-electron chi connectivity index (χ1n) is 7.54. The fraction of sp³-hybridized carbons (Fsp3) is 0.0500. The Morgan fingerprint density at radius 1 is 1.17 bits per heavy atom. The Hall–Kier alpha value is -3.07. The number of anilines is 1. The van der Waals surface area contributed by atoms with E-state index in [0.29, 0.717) is 0 Å². The summed E-state index contributed by atoms with van der Waals surface area (Å²) in [6.45, 7) is 5.71.